The van der Waals surface area contributed by atoms with E-state index in [-0.39, 0.29) is 5.84 Å². The van der Waals surface area contributed by atoms with E-state index in [0.717, 1.165) is 15.9 Å². The number of amidine groups is 1. The first-order valence-electron chi connectivity index (χ1n) is 4.67. The third kappa shape index (κ3) is 3.51. The monoisotopic (exact) mass is 270 g/mol. The molecular formula is C10H15BrN4. The number of hydrogen-bond donors (Lipinski definition) is 2. The molecule has 1 aromatic rings. The van der Waals surface area contributed by atoms with Gasteiger partial charge in [-0.3, -0.25) is 5.41 Å². The lowest BCUT2D eigenvalue weighted by atomic mass is 10.3. The molecule has 5 heteroatoms. The van der Waals surface area contributed by atoms with Gasteiger partial charge in [-0.2, -0.15) is 0 Å². The molecule has 0 aliphatic carbocycles. The van der Waals surface area contributed by atoms with E-state index in [0.29, 0.717) is 13.0 Å². The van der Waals surface area contributed by atoms with Gasteiger partial charge in [-0.15, -0.1) is 0 Å². The molecule has 0 spiro atoms. The van der Waals surface area contributed by atoms with Crippen LogP contribution in [-0.4, -0.2) is 24.4 Å². The lowest BCUT2D eigenvalue weighted by molar-refractivity contribution is 0.888. The molecule has 0 saturated carbocycles. The molecule has 0 aliphatic heterocycles. The Hall–Kier alpha value is -1.10. The van der Waals surface area contributed by atoms with Gasteiger partial charge in [-0.1, -0.05) is 0 Å². The highest BCUT2D eigenvalue weighted by atomic mass is 79.9. The molecule has 4 nitrogen and oxygen atoms in total. The van der Waals surface area contributed by atoms with Gasteiger partial charge in [-0.25, -0.2) is 4.98 Å². The molecule has 0 aromatic carbocycles. The average molecular weight is 271 g/mol. The molecule has 82 valence electrons. The van der Waals surface area contributed by atoms with E-state index in [1.165, 1.54) is 0 Å². The van der Waals surface area contributed by atoms with Crippen molar-refractivity contribution in [3.63, 3.8) is 0 Å². The molecule has 0 fully saturated rings. The number of nitrogens with one attached hydrogen (secondary N) is 1. The van der Waals surface area contributed by atoms with Crippen molar-refractivity contribution >= 4 is 27.6 Å². The molecule has 0 saturated heterocycles. The Labute approximate surface area is 98.1 Å². The van der Waals surface area contributed by atoms with Crippen LogP contribution in [0.5, 0.6) is 0 Å². The van der Waals surface area contributed by atoms with E-state index in [4.69, 9.17) is 11.1 Å². The lowest BCUT2D eigenvalue weighted by Crippen LogP contribution is -2.24. The Morgan fingerprint density at radius 1 is 1.67 bits per heavy atom. The second-order valence-electron chi connectivity index (χ2n) is 3.49. The summed E-state index contributed by atoms with van der Waals surface area (Å²) in [4.78, 5) is 6.27. The largest absolute Gasteiger partial charge is 0.388 e. The zero-order chi connectivity index (χ0) is 11.4. The van der Waals surface area contributed by atoms with E-state index < -0.39 is 0 Å². The summed E-state index contributed by atoms with van der Waals surface area (Å²) in [5.41, 5.74) is 6.45. The Morgan fingerprint density at radius 2 is 2.33 bits per heavy atom. The predicted octanol–water partition coefficient (Wildman–Crippen LogP) is 1.91. The van der Waals surface area contributed by atoms with Gasteiger partial charge >= 0.3 is 0 Å². The maximum atomic E-state index is 7.15. The van der Waals surface area contributed by atoms with Gasteiger partial charge in [0.1, 0.15) is 5.82 Å². The average Bonchev–Trinajstić information content (AvgIpc) is 2.18. The van der Waals surface area contributed by atoms with Crippen molar-refractivity contribution in [1.29, 1.82) is 5.41 Å². The maximum absolute atomic E-state index is 7.15. The number of pyridine rings is 1. The quantitative estimate of drug-likeness (QED) is 0.649. The summed E-state index contributed by atoms with van der Waals surface area (Å²) in [7, 11) is 1.94. The van der Waals surface area contributed by atoms with Crippen molar-refractivity contribution < 1.29 is 0 Å². The van der Waals surface area contributed by atoms with Crippen LogP contribution in [0.25, 0.3) is 0 Å². The highest BCUT2D eigenvalue weighted by Gasteiger charge is 2.04. The van der Waals surface area contributed by atoms with Crippen LogP contribution >= 0.6 is 15.9 Å². The Balaban J connectivity index is 2.69. The van der Waals surface area contributed by atoms with Crippen molar-refractivity contribution in [2.75, 3.05) is 18.5 Å². The highest BCUT2D eigenvalue weighted by molar-refractivity contribution is 9.10. The molecule has 0 unspecified atom stereocenters. The lowest BCUT2D eigenvalue weighted by Gasteiger charge is -2.18. The Kier molecular flexibility index (Phi) is 4.08. The van der Waals surface area contributed by atoms with Crippen molar-refractivity contribution in [2.45, 2.75) is 13.3 Å². The molecule has 1 rings (SSSR count). The molecule has 0 radical (unpaired) electrons. The van der Waals surface area contributed by atoms with Crippen LogP contribution in [0.2, 0.25) is 0 Å². The first-order valence-corrected chi connectivity index (χ1v) is 5.46. The Morgan fingerprint density at radius 3 is 2.87 bits per heavy atom. The van der Waals surface area contributed by atoms with E-state index in [9.17, 15) is 0 Å². The highest BCUT2D eigenvalue weighted by Crippen LogP contribution is 2.19. The van der Waals surface area contributed by atoms with Gasteiger partial charge in [0, 0.05) is 30.7 Å². The molecular weight excluding hydrogens is 256 g/mol. The number of aromatic nitrogens is 1. The predicted molar refractivity (Wildman–Crippen MR) is 66.5 cm³/mol. The summed E-state index contributed by atoms with van der Waals surface area (Å²) >= 11 is 3.41. The number of aryl methyl sites for hydroxylation is 1. The first-order chi connectivity index (χ1) is 7.00. The number of nitrogens with zero attached hydrogens (tertiary/aromatic N) is 2. The SMILES string of the molecule is Cc1cc(N(C)CCC(=N)N)ncc1Br. The van der Waals surface area contributed by atoms with E-state index >= 15 is 0 Å². The van der Waals surface area contributed by atoms with Gasteiger partial charge in [-0.05, 0) is 34.5 Å². The molecule has 1 heterocycles. The van der Waals surface area contributed by atoms with Gasteiger partial charge in [0.05, 0.1) is 5.84 Å². The summed E-state index contributed by atoms with van der Waals surface area (Å²) < 4.78 is 1.01. The van der Waals surface area contributed by atoms with Crippen LogP contribution in [0.3, 0.4) is 0 Å². The topological polar surface area (TPSA) is 66.0 Å². The van der Waals surface area contributed by atoms with Crippen molar-refractivity contribution in [2.24, 2.45) is 5.73 Å². The fourth-order valence-corrected chi connectivity index (χ4v) is 1.35. The third-order valence-corrected chi connectivity index (χ3v) is 2.97. The Bertz CT molecular complexity index is 364. The molecule has 0 bridgehead atoms. The smallest absolute Gasteiger partial charge is 0.128 e. The van der Waals surface area contributed by atoms with Crippen LogP contribution in [0.15, 0.2) is 16.7 Å². The summed E-state index contributed by atoms with van der Waals surface area (Å²) in [6.07, 6.45) is 2.35. The zero-order valence-electron chi connectivity index (χ0n) is 8.92. The van der Waals surface area contributed by atoms with E-state index in [1.54, 1.807) is 6.20 Å². The number of nitrogens with two attached hydrogens (primary N) is 1. The number of hydrogen-bond acceptors (Lipinski definition) is 3. The van der Waals surface area contributed by atoms with Crippen molar-refractivity contribution in [1.82, 2.24) is 4.98 Å². The second kappa shape index (κ2) is 5.11. The van der Waals surface area contributed by atoms with Crippen LogP contribution < -0.4 is 10.6 Å². The van der Waals surface area contributed by atoms with Crippen LogP contribution in [0, 0.1) is 12.3 Å². The van der Waals surface area contributed by atoms with Crippen LogP contribution in [-0.2, 0) is 0 Å². The number of anilines is 1. The summed E-state index contributed by atoms with van der Waals surface area (Å²) in [6.45, 7) is 2.73. The molecule has 0 atom stereocenters. The van der Waals surface area contributed by atoms with Gasteiger partial charge in [0.25, 0.3) is 0 Å². The molecule has 0 aliphatic rings. The number of halogens is 1. The molecule has 15 heavy (non-hydrogen) atoms. The fourth-order valence-electron chi connectivity index (χ4n) is 1.14. The van der Waals surface area contributed by atoms with Gasteiger partial charge in [0.2, 0.25) is 0 Å². The molecule has 0 amide bonds. The minimum atomic E-state index is 0.204. The first kappa shape index (κ1) is 12.0. The summed E-state index contributed by atoms with van der Waals surface area (Å²) in [6, 6.07) is 2.00. The van der Waals surface area contributed by atoms with Crippen LogP contribution in [0.4, 0.5) is 5.82 Å². The van der Waals surface area contributed by atoms with Crippen molar-refractivity contribution in [3.05, 3.63) is 22.3 Å². The number of rotatable bonds is 4. The third-order valence-electron chi connectivity index (χ3n) is 2.14. The van der Waals surface area contributed by atoms with E-state index in [1.807, 2.05) is 24.9 Å². The second-order valence-corrected chi connectivity index (χ2v) is 4.34. The van der Waals surface area contributed by atoms with Gasteiger partial charge in [0.15, 0.2) is 0 Å². The zero-order valence-corrected chi connectivity index (χ0v) is 10.5. The standard InChI is InChI=1S/C10H15BrN4/c1-7-5-10(14-6-8(7)11)15(2)4-3-9(12)13/h5-6H,3-4H2,1-2H3,(H3,12,13). The molecule has 3 N–H and O–H groups in total. The van der Waals surface area contributed by atoms with Crippen molar-refractivity contribution in [3.8, 4) is 0 Å². The fraction of sp³-hybridized carbons (Fsp3) is 0.400. The summed E-state index contributed by atoms with van der Waals surface area (Å²) in [5, 5.41) is 7.15. The minimum Gasteiger partial charge on any atom is -0.388 e. The van der Waals surface area contributed by atoms with Gasteiger partial charge < -0.3 is 10.6 Å². The minimum absolute atomic E-state index is 0.204. The van der Waals surface area contributed by atoms with Crippen LogP contribution in [0.1, 0.15) is 12.0 Å². The normalized spacial score (nSPS) is 10.1. The van der Waals surface area contributed by atoms with E-state index in [2.05, 4.69) is 20.9 Å². The summed E-state index contributed by atoms with van der Waals surface area (Å²) in [5.74, 6) is 1.10. The maximum Gasteiger partial charge on any atom is 0.128 e. The molecule has 1 aromatic heterocycles.